The average molecular weight is 636 g/mol. The summed E-state index contributed by atoms with van der Waals surface area (Å²) in [6.07, 6.45) is 0. The molecule has 9 nitrogen and oxygen atoms in total. The first kappa shape index (κ1) is 25.1. The van der Waals surface area contributed by atoms with Crippen LogP contribution in [0.4, 0.5) is 4.39 Å². The van der Waals surface area contributed by atoms with Crippen LogP contribution in [0, 0.1) is 5.82 Å². The number of nitrogens with zero attached hydrogens (tertiary/aromatic N) is 6. The third-order valence-corrected chi connectivity index (χ3v) is 4.88. The van der Waals surface area contributed by atoms with Crippen LogP contribution >= 0.6 is 59.4 Å². The summed E-state index contributed by atoms with van der Waals surface area (Å²) in [6.45, 7) is 2.29. The lowest BCUT2D eigenvalue weighted by molar-refractivity contribution is 0.179. The maximum Gasteiger partial charge on any atom is 0.321 e. The van der Waals surface area contributed by atoms with Gasteiger partial charge in [-0.3, -0.25) is 0 Å². The van der Waals surface area contributed by atoms with Gasteiger partial charge in [0, 0.05) is 20.3 Å². The number of hydrogen-bond donors (Lipinski definition) is 0. The molecule has 0 aliphatic rings. The van der Waals surface area contributed by atoms with Crippen LogP contribution in [0.3, 0.4) is 0 Å². The van der Waals surface area contributed by atoms with Crippen molar-refractivity contribution in [2.75, 3.05) is 27.4 Å². The number of halogens is 5. The molecule has 0 spiro atoms. The number of ether oxygens (including phenoxy) is 3. The first-order valence-corrected chi connectivity index (χ1v) is 11.1. The molecule has 0 bridgehead atoms. The minimum absolute atomic E-state index is 0.0143. The summed E-state index contributed by atoms with van der Waals surface area (Å²) in [6, 6.07) is 4.33. The predicted molar refractivity (Wildman–Crippen MR) is 118 cm³/mol. The van der Waals surface area contributed by atoms with Gasteiger partial charge in [0.05, 0.1) is 31.3 Å². The lowest BCUT2D eigenvalue weighted by atomic mass is 10.3. The summed E-state index contributed by atoms with van der Waals surface area (Å²) in [4.78, 5) is 8.06. The van der Waals surface area contributed by atoms with Crippen molar-refractivity contribution in [1.29, 1.82) is 0 Å². The van der Waals surface area contributed by atoms with Crippen LogP contribution in [-0.4, -0.2) is 57.0 Å². The van der Waals surface area contributed by atoms with E-state index in [1.54, 1.807) is 18.9 Å². The first-order valence-electron chi connectivity index (χ1n) is 8.31. The van der Waals surface area contributed by atoms with Crippen molar-refractivity contribution in [3.63, 3.8) is 0 Å². The Morgan fingerprint density at radius 2 is 1.57 bits per heavy atom. The first-order chi connectivity index (χ1) is 14.3. The molecule has 0 radical (unpaired) electrons. The SMILES string of the molecule is COCCn1nc(Br)nc1Br.COCCn1nc(Br)nc1Oc1ccc(F)c(Cl)c1. The Bertz CT molecular complexity index is 958. The Kier molecular flexibility index (Phi) is 10.6. The molecule has 14 heteroatoms. The zero-order chi connectivity index (χ0) is 22.1. The van der Waals surface area contributed by atoms with Gasteiger partial charge in [0.1, 0.15) is 11.6 Å². The molecule has 0 aliphatic heterocycles. The molecule has 0 N–H and O–H groups in total. The third kappa shape index (κ3) is 7.85. The Morgan fingerprint density at radius 3 is 2.13 bits per heavy atom. The molecule has 0 atom stereocenters. The number of aromatic nitrogens is 6. The van der Waals surface area contributed by atoms with E-state index in [9.17, 15) is 4.39 Å². The second-order valence-electron chi connectivity index (χ2n) is 5.42. The zero-order valence-electron chi connectivity index (χ0n) is 15.9. The van der Waals surface area contributed by atoms with Crippen LogP contribution in [-0.2, 0) is 22.6 Å². The molecule has 0 saturated carbocycles. The smallest absolute Gasteiger partial charge is 0.321 e. The van der Waals surface area contributed by atoms with Crippen LogP contribution in [0.25, 0.3) is 0 Å². The number of methoxy groups -OCH3 is 2. The summed E-state index contributed by atoms with van der Waals surface area (Å²) < 4.78 is 33.3. The molecular formula is C16H17Br3ClFN6O3. The van der Waals surface area contributed by atoms with E-state index in [-0.39, 0.29) is 11.0 Å². The lowest BCUT2D eigenvalue weighted by Gasteiger charge is -2.07. The van der Waals surface area contributed by atoms with Crippen molar-refractivity contribution >= 4 is 59.4 Å². The Balaban J connectivity index is 0.000000248. The number of rotatable bonds is 8. The quantitative estimate of drug-likeness (QED) is 0.354. The second kappa shape index (κ2) is 12.7. The molecule has 0 saturated heterocycles. The van der Waals surface area contributed by atoms with E-state index in [4.69, 9.17) is 25.8 Å². The third-order valence-electron chi connectivity index (χ3n) is 3.33. The molecule has 3 rings (SSSR count). The molecular weight excluding hydrogens is 618 g/mol. The highest BCUT2D eigenvalue weighted by atomic mass is 79.9. The minimum Gasteiger partial charge on any atom is -0.424 e. The monoisotopic (exact) mass is 632 g/mol. The summed E-state index contributed by atoms with van der Waals surface area (Å²) in [5.74, 6) is -0.124. The fraction of sp³-hybridized carbons (Fsp3) is 0.375. The van der Waals surface area contributed by atoms with Crippen molar-refractivity contribution in [1.82, 2.24) is 29.5 Å². The molecule has 30 heavy (non-hydrogen) atoms. The molecule has 0 aliphatic carbocycles. The standard InChI is InChI=1S/C11H10BrClFN3O2.C5H7Br2N3O/c1-18-5-4-17-11(15-10(12)16-17)19-7-2-3-9(14)8(13)6-7;1-11-3-2-10-5(7)8-4(6)9-10/h2-3,6H,4-5H2,1H3;2-3H2,1H3. The van der Waals surface area contributed by atoms with Gasteiger partial charge in [-0.2, -0.15) is 9.97 Å². The van der Waals surface area contributed by atoms with E-state index in [1.807, 2.05) is 0 Å². The van der Waals surface area contributed by atoms with Crippen LogP contribution in [0.1, 0.15) is 0 Å². The summed E-state index contributed by atoms with van der Waals surface area (Å²) >= 11 is 15.3. The molecule has 0 fully saturated rings. The van der Waals surface area contributed by atoms with E-state index in [1.165, 1.54) is 22.9 Å². The van der Waals surface area contributed by atoms with Gasteiger partial charge in [0.15, 0.2) is 4.73 Å². The number of benzene rings is 1. The lowest BCUT2D eigenvalue weighted by Crippen LogP contribution is -2.07. The maximum atomic E-state index is 13.0. The summed E-state index contributed by atoms with van der Waals surface area (Å²) in [5.41, 5.74) is 0. The van der Waals surface area contributed by atoms with Crippen LogP contribution in [0.15, 0.2) is 32.4 Å². The van der Waals surface area contributed by atoms with Crippen molar-refractivity contribution in [2.45, 2.75) is 13.1 Å². The molecule has 1 aromatic carbocycles. The van der Waals surface area contributed by atoms with Gasteiger partial charge in [-0.05, 0) is 59.9 Å². The van der Waals surface area contributed by atoms with Gasteiger partial charge in [0.25, 0.3) is 0 Å². The molecule has 2 heterocycles. The fourth-order valence-electron chi connectivity index (χ4n) is 1.96. The molecule has 0 unspecified atom stereocenters. The van der Waals surface area contributed by atoms with E-state index < -0.39 is 5.82 Å². The van der Waals surface area contributed by atoms with Crippen molar-refractivity contribution in [3.8, 4) is 11.8 Å². The van der Waals surface area contributed by atoms with Crippen molar-refractivity contribution < 1.29 is 18.6 Å². The predicted octanol–water partition coefficient (Wildman–Crippen LogP) is 4.72. The van der Waals surface area contributed by atoms with Crippen molar-refractivity contribution in [3.05, 3.63) is 43.2 Å². The highest BCUT2D eigenvalue weighted by Gasteiger charge is 2.11. The van der Waals surface area contributed by atoms with Crippen LogP contribution < -0.4 is 4.74 Å². The summed E-state index contributed by atoms with van der Waals surface area (Å²) in [7, 11) is 3.24. The Hall–Kier alpha value is -1.12. The van der Waals surface area contributed by atoms with E-state index in [0.29, 0.717) is 46.3 Å². The second-order valence-corrected chi connectivity index (χ2v) is 7.96. The Morgan fingerprint density at radius 1 is 0.967 bits per heavy atom. The van der Waals surface area contributed by atoms with Crippen molar-refractivity contribution in [2.24, 2.45) is 0 Å². The van der Waals surface area contributed by atoms with E-state index in [2.05, 4.69) is 68.0 Å². The van der Waals surface area contributed by atoms with Gasteiger partial charge in [-0.25, -0.2) is 13.8 Å². The van der Waals surface area contributed by atoms with Gasteiger partial charge in [-0.15, -0.1) is 10.2 Å². The zero-order valence-corrected chi connectivity index (χ0v) is 21.4. The van der Waals surface area contributed by atoms with Gasteiger partial charge in [0.2, 0.25) is 9.47 Å². The number of hydrogen-bond acceptors (Lipinski definition) is 7. The Labute approximate surface area is 202 Å². The largest absolute Gasteiger partial charge is 0.424 e. The molecule has 164 valence electrons. The van der Waals surface area contributed by atoms with Gasteiger partial charge in [-0.1, -0.05) is 11.6 Å². The van der Waals surface area contributed by atoms with E-state index in [0.717, 1.165) is 0 Å². The highest BCUT2D eigenvalue weighted by molar-refractivity contribution is 9.11. The van der Waals surface area contributed by atoms with Gasteiger partial charge < -0.3 is 14.2 Å². The molecule has 3 aromatic rings. The van der Waals surface area contributed by atoms with E-state index >= 15 is 0 Å². The maximum absolute atomic E-state index is 13.0. The van der Waals surface area contributed by atoms with Crippen LogP contribution in [0.5, 0.6) is 11.8 Å². The van der Waals surface area contributed by atoms with Gasteiger partial charge >= 0.3 is 6.01 Å². The fourth-order valence-corrected chi connectivity index (χ4v) is 3.50. The molecule has 2 aromatic heterocycles. The summed E-state index contributed by atoms with van der Waals surface area (Å²) in [5, 5.41) is 8.12. The van der Waals surface area contributed by atoms with Crippen LogP contribution in [0.2, 0.25) is 5.02 Å². The normalized spacial score (nSPS) is 10.6. The highest BCUT2D eigenvalue weighted by Crippen LogP contribution is 2.25. The molecule has 0 amide bonds. The topological polar surface area (TPSA) is 89.1 Å². The average Bonchev–Trinajstić information content (AvgIpc) is 3.22. The minimum atomic E-state index is -0.504.